The number of thioether (sulfide) groups is 1. The summed E-state index contributed by atoms with van der Waals surface area (Å²) >= 11 is 13.8. The Morgan fingerprint density at radius 3 is 2.43 bits per heavy atom. The minimum absolute atomic E-state index is 0.0927. The number of carbonyl (C=O) groups excluding carboxylic acids is 1. The van der Waals surface area contributed by atoms with E-state index in [1.165, 1.54) is 5.56 Å². The van der Waals surface area contributed by atoms with Crippen molar-refractivity contribution in [1.82, 2.24) is 5.32 Å². The van der Waals surface area contributed by atoms with Gasteiger partial charge in [-0.3, -0.25) is 4.79 Å². The van der Waals surface area contributed by atoms with Gasteiger partial charge in [-0.25, -0.2) is 0 Å². The van der Waals surface area contributed by atoms with Crippen molar-refractivity contribution in [2.75, 3.05) is 12.3 Å². The van der Waals surface area contributed by atoms with Crippen LogP contribution in [-0.4, -0.2) is 24.3 Å². The van der Waals surface area contributed by atoms with Crippen molar-refractivity contribution in [3.63, 3.8) is 0 Å². The van der Waals surface area contributed by atoms with Crippen LogP contribution < -0.4 is 10.1 Å². The standard InChI is InChI=1S/C22H27Cl2NO2S/c1-15(27-19-9-6-17(7-10-19)22(2,3)4)21(26)25-11-12-28-14-16-5-8-18(23)13-20(16)24/h5-10,13,15H,11-12,14H2,1-4H3,(H,25,26)/t15-/m1/s1. The van der Waals surface area contributed by atoms with E-state index < -0.39 is 6.10 Å². The van der Waals surface area contributed by atoms with E-state index in [0.717, 1.165) is 17.1 Å². The molecule has 0 unspecified atom stereocenters. The Morgan fingerprint density at radius 2 is 1.82 bits per heavy atom. The number of rotatable bonds is 8. The monoisotopic (exact) mass is 439 g/mol. The zero-order chi connectivity index (χ0) is 20.7. The number of nitrogens with one attached hydrogen (secondary N) is 1. The average Bonchev–Trinajstić information content (AvgIpc) is 2.62. The summed E-state index contributed by atoms with van der Waals surface area (Å²) in [5, 5.41) is 4.21. The summed E-state index contributed by atoms with van der Waals surface area (Å²) in [6.45, 7) is 8.83. The van der Waals surface area contributed by atoms with Gasteiger partial charge in [0.05, 0.1) is 0 Å². The molecule has 3 nitrogen and oxygen atoms in total. The van der Waals surface area contributed by atoms with Crippen molar-refractivity contribution in [2.24, 2.45) is 0 Å². The van der Waals surface area contributed by atoms with Gasteiger partial charge >= 0.3 is 0 Å². The summed E-state index contributed by atoms with van der Waals surface area (Å²) in [4.78, 5) is 12.2. The van der Waals surface area contributed by atoms with Crippen LogP contribution in [0.1, 0.15) is 38.8 Å². The topological polar surface area (TPSA) is 38.3 Å². The van der Waals surface area contributed by atoms with Crippen LogP contribution in [0.3, 0.4) is 0 Å². The molecule has 0 saturated carbocycles. The Kier molecular flexibility index (Phi) is 8.54. The first-order valence-corrected chi connectivity index (χ1v) is 11.1. The van der Waals surface area contributed by atoms with Crippen LogP contribution in [0.2, 0.25) is 10.0 Å². The third kappa shape index (κ3) is 7.23. The van der Waals surface area contributed by atoms with Crippen LogP contribution in [0.25, 0.3) is 0 Å². The highest BCUT2D eigenvalue weighted by Crippen LogP contribution is 2.25. The van der Waals surface area contributed by atoms with E-state index in [2.05, 4.69) is 26.1 Å². The molecule has 152 valence electrons. The Morgan fingerprint density at radius 1 is 1.14 bits per heavy atom. The molecule has 0 fully saturated rings. The van der Waals surface area contributed by atoms with E-state index in [0.29, 0.717) is 22.3 Å². The first kappa shape index (κ1) is 22.9. The summed E-state index contributed by atoms with van der Waals surface area (Å²) in [5.41, 5.74) is 2.36. The molecular formula is C22H27Cl2NO2S. The maximum absolute atomic E-state index is 12.2. The number of amides is 1. The fourth-order valence-corrected chi connectivity index (χ4v) is 3.92. The molecule has 2 aromatic rings. The molecule has 0 aliphatic heterocycles. The molecule has 28 heavy (non-hydrogen) atoms. The zero-order valence-corrected chi connectivity index (χ0v) is 19.0. The quantitative estimate of drug-likeness (QED) is 0.504. The normalized spacial score (nSPS) is 12.5. The molecule has 0 spiro atoms. The van der Waals surface area contributed by atoms with Gasteiger partial charge in [0.1, 0.15) is 5.75 Å². The number of halogens is 2. The predicted molar refractivity (Wildman–Crippen MR) is 121 cm³/mol. The van der Waals surface area contributed by atoms with Gasteiger partial charge in [0.15, 0.2) is 6.10 Å². The van der Waals surface area contributed by atoms with Crippen molar-refractivity contribution >= 4 is 40.9 Å². The van der Waals surface area contributed by atoms with E-state index in [-0.39, 0.29) is 11.3 Å². The fraction of sp³-hybridized carbons (Fsp3) is 0.409. The van der Waals surface area contributed by atoms with Crippen molar-refractivity contribution in [3.8, 4) is 5.75 Å². The van der Waals surface area contributed by atoms with E-state index in [9.17, 15) is 4.79 Å². The van der Waals surface area contributed by atoms with Gasteiger partial charge in [0.25, 0.3) is 5.91 Å². The number of carbonyl (C=O) groups is 1. The highest BCUT2D eigenvalue weighted by molar-refractivity contribution is 7.98. The van der Waals surface area contributed by atoms with Gasteiger partial charge in [-0.1, -0.05) is 62.2 Å². The lowest BCUT2D eigenvalue weighted by atomic mass is 9.87. The third-order valence-corrected chi connectivity index (χ3v) is 5.82. The molecular weight excluding hydrogens is 413 g/mol. The minimum atomic E-state index is -0.545. The number of hydrogen-bond donors (Lipinski definition) is 1. The third-order valence-electron chi connectivity index (χ3n) is 4.22. The molecule has 2 rings (SSSR count). The lowest BCUT2D eigenvalue weighted by Gasteiger charge is -2.20. The Bertz CT molecular complexity index is 788. The molecule has 1 N–H and O–H groups in total. The summed E-state index contributed by atoms with van der Waals surface area (Å²) < 4.78 is 5.75. The van der Waals surface area contributed by atoms with Crippen LogP contribution >= 0.6 is 35.0 Å². The molecule has 0 saturated heterocycles. The van der Waals surface area contributed by atoms with Crippen molar-refractivity contribution in [3.05, 3.63) is 63.6 Å². The van der Waals surface area contributed by atoms with Gasteiger partial charge in [-0.15, -0.1) is 0 Å². The molecule has 0 aliphatic carbocycles. The average molecular weight is 440 g/mol. The molecule has 2 aromatic carbocycles. The van der Waals surface area contributed by atoms with E-state index in [4.69, 9.17) is 27.9 Å². The molecule has 1 amide bonds. The Balaban J connectivity index is 1.71. The van der Waals surface area contributed by atoms with E-state index in [1.807, 2.05) is 36.4 Å². The molecule has 1 atom stereocenters. The fourth-order valence-electron chi connectivity index (χ4n) is 2.50. The summed E-state index contributed by atoms with van der Waals surface area (Å²) in [6, 6.07) is 13.4. The highest BCUT2D eigenvalue weighted by Gasteiger charge is 2.16. The van der Waals surface area contributed by atoms with Gasteiger partial charge in [0, 0.05) is 28.1 Å². The maximum atomic E-state index is 12.2. The largest absolute Gasteiger partial charge is 0.481 e. The second kappa shape index (κ2) is 10.4. The summed E-state index contributed by atoms with van der Waals surface area (Å²) in [5.74, 6) is 2.14. The smallest absolute Gasteiger partial charge is 0.260 e. The SMILES string of the molecule is C[C@@H](Oc1ccc(C(C)(C)C)cc1)C(=O)NCCSCc1ccc(Cl)cc1Cl. The summed E-state index contributed by atoms with van der Waals surface area (Å²) in [6.07, 6.45) is -0.545. The lowest BCUT2D eigenvalue weighted by molar-refractivity contribution is -0.127. The number of ether oxygens (including phenoxy) is 1. The van der Waals surface area contributed by atoms with Crippen LogP contribution in [0.5, 0.6) is 5.75 Å². The molecule has 0 heterocycles. The second-order valence-corrected chi connectivity index (χ2v) is 9.56. The predicted octanol–water partition coefficient (Wildman–Crippen LogP) is 6.11. The zero-order valence-electron chi connectivity index (χ0n) is 16.7. The Hall–Kier alpha value is -1.36. The first-order valence-electron chi connectivity index (χ1n) is 9.23. The van der Waals surface area contributed by atoms with E-state index in [1.54, 1.807) is 24.8 Å². The first-order chi connectivity index (χ1) is 13.2. The highest BCUT2D eigenvalue weighted by atomic mass is 35.5. The van der Waals surface area contributed by atoms with Crippen molar-refractivity contribution in [1.29, 1.82) is 0 Å². The lowest BCUT2D eigenvalue weighted by Crippen LogP contribution is -2.37. The number of benzene rings is 2. The van der Waals surface area contributed by atoms with Gasteiger partial charge < -0.3 is 10.1 Å². The maximum Gasteiger partial charge on any atom is 0.260 e. The second-order valence-electron chi connectivity index (χ2n) is 7.61. The Labute approximate surface area is 182 Å². The summed E-state index contributed by atoms with van der Waals surface area (Å²) in [7, 11) is 0. The van der Waals surface area contributed by atoms with Gasteiger partial charge in [-0.2, -0.15) is 11.8 Å². The van der Waals surface area contributed by atoms with Crippen molar-refractivity contribution in [2.45, 2.75) is 45.0 Å². The molecule has 0 aromatic heterocycles. The molecule has 0 bridgehead atoms. The van der Waals surface area contributed by atoms with Crippen LogP contribution in [0.15, 0.2) is 42.5 Å². The number of hydrogen-bond acceptors (Lipinski definition) is 3. The minimum Gasteiger partial charge on any atom is -0.481 e. The van der Waals surface area contributed by atoms with Crippen LogP contribution in [0.4, 0.5) is 0 Å². The molecule has 6 heteroatoms. The van der Waals surface area contributed by atoms with Gasteiger partial charge in [-0.05, 0) is 47.7 Å². The van der Waals surface area contributed by atoms with Crippen molar-refractivity contribution < 1.29 is 9.53 Å². The van der Waals surface area contributed by atoms with Crippen LogP contribution in [0, 0.1) is 0 Å². The molecule has 0 aliphatic rings. The van der Waals surface area contributed by atoms with E-state index >= 15 is 0 Å². The van der Waals surface area contributed by atoms with Crippen LogP contribution in [-0.2, 0) is 16.0 Å². The van der Waals surface area contributed by atoms with Gasteiger partial charge in [0.2, 0.25) is 0 Å². The molecule has 0 radical (unpaired) electrons.